The summed E-state index contributed by atoms with van der Waals surface area (Å²) in [5.41, 5.74) is 6.05. The van der Waals surface area contributed by atoms with Gasteiger partial charge in [0.2, 0.25) is 0 Å². The molecule has 24 heavy (non-hydrogen) atoms. The van der Waals surface area contributed by atoms with Gasteiger partial charge in [0.15, 0.2) is 0 Å². The summed E-state index contributed by atoms with van der Waals surface area (Å²) in [6.45, 7) is 3.49. The van der Waals surface area contributed by atoms with E-state index < -0.39 is 5.60 Å². The van der Waals surface area contributed by atoms with Gasteiger partial charge in [-0.05, 0) is 56.7 Å². The number of rotatable bonds is 1. The number of fused-ring (bicyclic) bond motifs is 5. The molecule has 2 aromatic rings. The van der Waals surface area contributed by atoms with Crippen LogP contribution >= 0.6 is 0 Å². The van der Waals surface area contributed by atoms with Crippen LogP contribution in [-0.2, 0) is 24.9 Å². The molecule has 1 aliphatic heterocycles. The second-order valence-corrected chi connectivity index (χ2v) is 8.03. The lowest BCUT2D eigenvalue weighted by Crippen LogP contribution is -2.43. The number of amides is 1. The second kappa shape index (κ2) is 4.28. The summed E-state index contributed by atoms with van der Waals surface area (Å²) in [7, 11) is 0. The van der Waals surface area contributed by atoms with Crippen molar-refractivity contribution in [3.8, 4) is 11.3 Å². The van der Waals surface area contributed by atoms with E-state index in [1.165, 1.54) is 5.56 Å². The highest BCUT2D eigenvalue weighted by atomic mass is 16.3. The van der Waals surface area contributed by atoms with Crippen molar-refractivity contribution in [2.24, 2.45) is 0 Å². The van der Waals surface area contributed by atoms with E-state index in [1.54, 1.807) is 13.8 Å². The normalized spacial score (nSPS) is 20.2. The van der Waals surface area contributed by atoms with Crippen LogP contribution in [0.5, 0.6) is 0 Å². The predicted octanol–water partition coefficient (Wildman–Crippen LogP) is 2.22. The first-order valence-electron chi connectivity index (χ1n) is 8.65. The van der Waals surface area contributed by atoms with Crippen molar-refractivity contribution in [3.05, 3.63) is 40.3 Å². The fraction of sp³-hybridized carbons (Fsp3) is 0.474. The average molecular weight is 323 g/mol. The number of aliphatic hydroxyl groups is 1. The fourth-order valence-corrected chi connectivity index (χ4v) is 4.13. The molecular weight excluding hydrogens is 302 g/mol. The molecule has 0 bridgehead atoms. The third-order valence-electron chi connectivity index (χ3n) is 5.68. The maximum atomic E-state index is 12.6. The van der Waals surface area contributed by atoms with Gasteiger partial charge in [-0.2, -0.15) is 0 Å². The maximum Gasteiger partial charge on any atom is 0.253 e. The van der Waals surface area contributed by atoms with Crippen molar-refractivity contribution in [3.63, 3.8) is 0 Å². The number of hydrogen-bond acceptors (Lipinski definition) is 3. The van der Waals surface area contributed by atoms with Crippen molar-refractivity contribution in [2.75, 3.05) is 0 Å². The number of pyridine rings is 1. The molecule has 5 heteroatoms. The van der Waals surface area contributed by atoms with Crippen LogP contribution in [0.4, 0.5) is 0 Å². The second-order valence-electron chi connectivity index (χ2n) is 8.03. The Morgan fingerprint density at radius 2 is 2.08 bits per heavy atom. The van der Waals surface area contributed by atoms with E-state index >= 15 is 0 Å². The lowest BCUT2D eigenvalue weighted by Gasteiger charge is -2.24. The summed E-state index contributed by atoms with van der Waals surface area (Å²) >= 11 is 0. The first-order valence-corrected chi connectivity index (χ1v) is 8.65. The molecule has 124 valence electrons. The van der Waals surface area contributed by atoms with E-state index in [-0.39, 0.29) is 11.4 Å². The maximum absolute atomic E-state index is 12.6. The summed E-state index contributed by atoms with van der Waals surface area (Å²) in [6.07, 6.45) is 6.66. The number of H-pyrrole nitrogens is 1. The predicted molar refractivity (Wildman–Crippen MR) is 89.8 cm³/mol. The number of nitrogens with zero attached hydrogens (tertiary/aromatic N) is 1. The smallest absolute Gasteiger partial charge is 0.253 e. The average Bonchev–Trinajstić information content (AvgIpc) is 3.13. The van der Waals surface area contributed by atoms with E-state index in [9.17, 15) is 9.90 Å². The van der Waals surface area contributed by atoms with Crippen LogP contribution in [0.1, 0.15) is 59.6 Å². The first-order chi connectivity index (χ1) is 11.4. The van der Waals surface area contributed by atoms with Gasteiger partial charge in [-0.25, -0.2) is 0 Å². The standard InChI is InChI=1S/C19H21N3O2/c1-18(2,24)14-7-12-10(9-20-14)3-4-11-15-13(21-16(11)12)8-19(5-6-19)22-17(15)23/h7,9,21,24H,3-6,8H2,1-2H3,(H,22,23). The molecule has 5 nitrogen and oxygen atoms in total. The van der Waals surface area contributed by atoms with Crippen LogP contribution in [0.3, 0.4) is 0 Å². The Morgan fingerprint density at radius 3 is 2.79 bits per heavy atom. The molecular formula is C19H21N3O2. The van der Waals surface area contributed by atoms with Gasteiger partial charge in [0.1, 0.15) is 5.60 Å². The molecule has 1 amide bonds. The summed E-state index contributed by atoms with van der Waals surface area (Å²) in [5.74, 6) is 0.0754. The Bertz CT molecular complexity index is 885. The first kappa shape index (κ1) is 14.2. The summed E-state index contributed by atoms with van der Waals surface area (Å²) in [4.78, 5) is 20.6. The van der Waals surface area contributed by atoms with Gasteiger partial charge in [0, 0.05) is 29.4 Å². The molecule has 0 atom stereocenters. The molecule has 3 aliphatic rings. The van der Waals surface area contributed by atoms with Gasteiger partial charge >= 0.3 is 0 Å². The van der Waals surface area contributed by atoms with E-state index in [1.807, 2.05) is 12.3 Å². The Kier molecular flexibility index (Phi) is 2.53. The van der Waals surface area contributed by atoms with Crippen LogP contribution in [0, 0.1) is 0 Å². The van der Waals surface area contributed by atoms with Gasteiger partial charge in [0.25, 0.3) is 5.91 Å². The van der Waals surface area contributed by atoms with Gasteiger partial charge in [-0.1, -0.05) is 0 Å². The molecule has 0 saturated heterocycles. The zero-order valence-corrected chi connectivity index (χ0v) is 14.0. The molecule has 0 radical (unpaired) electrons. The SMILES string of the molecule is CC(C)(O)c1cc2c(cn1)CCc1c-2[nH]c2c1C(=O)NC1(CC1)C2. The van der Waals surface area contributed by atoms with Crippen molar-refractivity contribution in [1.82, 2.24) is 15.3 Å². The van der Waals surface area contributed by atoms with Crippen molar-refractivity contribution >= 4 is 5.91 Å². The van der Waals surface area contributed by atoms with E-state index in [0.717, 1.165) is 60.2 Å². The van der Waals surface area contributed by atoms with Crippen LogP contribution in [0.15, 0.2) is 12.3 Å². The van der Waals surface area contributed by atoms with Crippen LogP contribution in [0.2, 0.25) is 0 Å². The molecule has 3 heterocycles. The Balaban J connectivity index is 1.68. The van der Waals surface area contributed by atoms with Crippen LogP contribution < -0.4 is 5.32 Å². The highest BCUT2D eigenvalue weighted by Crippen LogP contribution is 2.45. The fourth-order valence-electron chi connectivity index (χ4n) is 4.13. The molecule has 2 aromatic heterocycles. The molecule has 3 N–H and O–H groups in total. The Labute approximate surface area is 140 Å². The number of hydrogen-bond donors (Lipinski definition) is 3. The monoisotopic (exact) mass is 323 g/mol. The summed E-state index contributed by atoms with van der Waals surface area (Å²) in [5, 5.41) is 13.5. The Hall–Kier alpha value is -2.14. The van der Waals surface area contributed by atoms with Crippen LogP contribution in [0.25, 0.3) is 11.3 Å². The summed E-state index contributed by atoms with van der Waals surface area (Å²) in [6, 6.07) is 1.97. The number of aromatic amines is 1. The lowest BCUT2D eigenvalue weighted by atomic mass is 9.86. The zero-order chi connectivity index (χ0) is 16.7. The molecule has 0 aromatic carbocycles. The molecule has 1 saturated carbocycles. The zero-order valence-electron chi connectivity index (χ0n) is 14.0. The van der Waals surface area contributed by atoms with E-state index in [0.29, 0.717) is 5.69 Å². The minimum atomic E-state index is -0.978. The number of carbonyl (C=O) groups excluding carboxylic acids is 1. The molecule has 2 aliphatic carbocycles. The third-order valence-corrected chi connectivity index (χ3v) is 5.68. The molecule has 0 unspecified atom stereocenters. The van der Waals surface area contributed by atoms with Crippen molar-refractivity contribution in [2.45, 2.75) is 57.1 Å². The highest BCUT2D eigenvalue weighted by Gasteiger charge is 2.49. The highest BCUT2D eigenvalue weighted by molar-refractivity contribution is 6.01. The van der Waals surface area contributed by atoms with E-state index in [4.69, 9.17) is 0 Å². The number of carbonyl (C=O) groups is 1. The third kappa shape index (κ3) is 1.91. The number of aryl methyl sites for hydroxylation is 1. The summed E-state index contributed by atoms with van der Waals surface area (Å²) < 4.78 is 0. The van der Waals surface area contributed by atoms with Gasteiger partial charge in [-0.3, -0.25) is 9.78 Å². The van der Waals surface area contributed by atoms with E-state index in [2.05, 4.69) is 15.3 Å². The van der Waals surface area contributed by atoms with Gasteiger partial charge in [0.05, 0.1) is 17.0 Å². The molecule has 1 spiro atoms. The lowest BCUT2D eigenvalue weighted by molar-refractivity contribution is 0.0738. The topological polar surface area (TPSA) is 78.0 Å². The van der Waals surface area contributed by atoms with Gasteiger partial charge < -0.3 is 15.4 Å². The van der Waals surface area contributed by atoms with Gasteiger partial charge in [-0.15, -0.1) is 0 Å². The Morgan fingerprint density at radius 1 is 1.29 bits per heavy atom. The minimum Gasteiger partial charge on any atom is -0.384 e. The minimum absolute atomic E-state index is 0.0108. The van der Waals surface area contributed by atoms with Crippen molar-refractivity contribution < 1.29 is 9.90 Å². The number of aromatic nitrogens is 2. The number of nitrogens with one attached hydrogen (secondary N) is 2. The largest absolute Gasteiger partial charge is 0.384 e. The van der Waals surface area contributed by atoms with Crippen LogP contribution in [-0.4, -0.2) is 26.5 Å². The molecule has 5 rings (SSSR count). The van der Waals surface area contributed by atoms with Crippen molar-refractivity contribution in [1.29, 1.82) is 0 Å². The molecule has 1 fully saturated rings. The quantitative estimate of drug-likeness (QED) is 0.753.